The highest BCUT2D eigenvalue weighted by atomic mass is 16.5. The lowest BCUT2D eigenvalue weighted by Gasteiger charge is -2.20. The van der Waals surface area contributed by atoms with Gasteiger partial charge in [0.15, 0.2) is 17.3 Å². The molecule has 0 aliphatic carbocycles. The van der Waals surface area contributed by atoms with Crippen LogP contribution in [0.15, 0.2) is 24.4 Å². The van der Waals surface area contributed by atoms with Crippen LogP contribution in [0.1, 0.15) is 31.4 Å². The monoisotopic (exact) mass is 383 g/mol. The van der Waals surface area contributed by atoms with Crippen molar-refractivity contribution in [2.45, 2.75) is 32.7 Å². The summed E-state index contributed by atoms with van der Waals surface area (Å²) in [6.07, 6.45) is 1.79. The zero-order valence-electron chi connectivity index (χ0n) is 16.4. The molecule has 0 bridgehead atoms. The molecule has 8 nitrogen and oxygen atoms in total. The summed E-state index contributed by atoms with van der Waals surface area (Å²) in [6, 6.07) is 5.96. The van der Waals surface area contributed by atoms with Crippen LogP contribution in [0.4, 0.5) is 5.69 Å². The number of rotatable bonds is 7. The van der Waals surface area contributed by atoms with Crippen molar-refractivity contribution in [3.8, 4) is 11.5 Å². The Hall–Kier alpha value is -2.87. The number of nitrogens with zero attached hydrogens (tertiary/aromatic N) is 3. The van der Waals surface area contributed by atoms with Crippen LogP contribution < -0.4 is 14.8 Å². The number of H-pyrrole nitrogens is 1. The standard InChI is InChI=1S/C20H25N5O3/c1-4-27-18-8-13-15(6-7-21-16(13)9-19(18)28-5-2)23-17-11-26-10-14(17)20-22-12(3)24-25-20/h6-9,14,17H,4-5,10-11H2,1-3H3,(H,21,23)(H,22,24,25)/t14-,17+/m0/s1. The fraction of sp³-hybridized carbons (Fsp3) is 0.450. The molecule has 1 saturated heterocycles. The first-order valence-electron chi connectivity index (χ1n) is 9.61. The Morgan fingerprint density at radius 2 is 1.96 bits per heavy atom. The molecule has 0 amide bonds. The third-order valence-corrected chi connectivity index (χ3v) is 4.77. The van der Waals surface area contributed by atoms with Crippen molar-refractivity contribution in [1.82, 2.24) is 20.2 Å². The van der Waals surface area contributed by atoms with E-state index in [9.17, 15) is 0 Å². The predicted molar refractivity (Wildman–Crippen MR) is 106 cm³/mol. The topological polar surface area (TPSA) is 94.2 Å². The van der Waals surface area contributed by atoms with E-state index in [4.69, 9.17) is 14.2 Å². The molecule has 0 saturated carbocycles. The first-order valence-corrected chi connectivity index (χ1v) is 9.61. The summed E-state index contributed by atoms with van der Waals surface area (Å²) in [7, 11) is 0. The van der Waals surface area contributed by atoms with Crippen molar-refractivity contribution < 1.29 is 14.2 Å². The van der Waals surface area contributed by atoms with Crippen molar-refractivity contribution in [2.24, 2.45) is 0 Å². The minimum absolute atomic E-state index is 0.0721. The van der Waals surface area contributed by atoms with E-state index in [0.717, 1.165) is 34.0 Å². The normalized spacial score (nSPS) is 19.1. The average molecular weight is 383 g/mol. The summed E-state index contributed by atoms with van der Waals surface area (Å²) < 4.78 is 17.2. The second-order valence-corrected chi connectivity index (χ2v) is 6.71. The van der Waals surface area contributed by atoms with E-state index in [2.05, 4.69) is 25.5 Å². The number of anilines is 1. The molecule has 2 N–H and O–H groups in total. The van der Waals surface area contributed by atoms with Crippen LogP contribution in [-0.2, 0) is 4.74 Å². The van der Waals surface area contributed by atoms with Gasteiger partial charge in [-0.15, -0.1) is 0 Å². The summed E-state index contributed by atoms with van der Waals surface area (Å²) in [5.41, 5.74) is 1.82. The molecule has 0 radical (unpaired) electrons. The van der Waals surface area contributed by atoms with Crippen LogP contribution in [0, 0.1) is 6.92 Å². The maximum absolute atomic E-state index is 5.79. The second kappa shape index (κ2) is 8.02. The van der Waals surface area contributed by atoms with Gasteiger partial charge in [0.25, 0.3) is 0 Å². The van der Waals surface area contributed by atoms with Crippen LogP contribution in [0.25, 0.3) is 10.9 Å². The molecule has 1 fully saturated rings. The van der Waals surface area contributed by atoms with Crippen LogP contribution >= 0.6 is 0 Å². The average Bonchev–Trinajstić information content (AvgIpc) is 3.32. The number of aromatic amines is 1. The number of aromatic nitrogens is 4. The van der Waals surface area contributed by atoms with Crippen LogP contribution in [0.2, 0.25) is 0 Å². The first-order chi connectivity index (χ1) is 13.7. The molecule has 8 heteroatoms. The van der Waals surface area contributed by atoms with Crippen molar-refractivity contribution in [2.75, 3.05) is 31.7 Å². The third-order valence-electron chi connectivity index (χ3n) is 4.77. The van der Waals surface area contributed by atoms with Crippen LogP contribution in [-0.4, -0.2) is 52.6 Å². The quantitative estimate of drug-likeness (QED) is 0.647. The number of hydrogen-bond acceptors (Lipinski definition) is 7. The largest absolute Gasteiger partial charge is 0.490 e. The Morgan fingerprint density at radius 1 is 1.18 bits per heavy atom. The Bertz CT molecular complexity index is 958. The SMILES string of the molecule is CCOc1cc2nccc(N[C@@H]3COC[C@@H]3c3n[nH]c(C)n3)c2cc1OCC. The van der Waals surface area contributed by atoms with Crippen LogP contribution in [0.5, 0.6) is 11.5 Å². The fourth-order valence-electron chi connectivity index (χ4n) is 3.49. The minimum atomic E-state index is 0.0721. The number of pyridine rings is 1. The van der Waals surface area contributed by atoms with E-state index in [-0.39, 0.29) is 12.0 Å². The molecule has 2 aromatic heterocycles. The van der Waals surface area contributed by atoms with E-state index in [1.165, 1.54) is 0 Å². The summed E-state index contributed by atoms with van der Waals surface area (Å²) in [5, 5.41) is 11.8. The molecule has 28 heavy (non-hydrogen) atoms. The zero-order valence-corrected chi connectivity index (χ0v) is 16.4. The molecule has 0 spiro atoms. The number of aryl methyl sites for hydroxylation is 1. The van der Waals surface area contributed by atoms with Crippen LogP contribution in [0.3, 0.4) is 0 Å². The van der Waals surface area contributed by atoms with E-state index in [1.54, 1.807) is 6.20 Å². The van der Waals surface area contributed by atoms with E-state index in [0.29, 0.717) is 32.2 Å². The van der Waals surface area contributed by atoms with Gasteiger partial charge in [0.05, 0.1) is 43.9 Å². The fourth-order valence-corrected chi connectivity index (χ4v) is 3.49. The van der Waals surface area contributed by atoms with Crippen molar-refractivity contribution in [1.29, 1.82) is 0 Å². The van der Waals surface area contributed by atoms with Crippen molar-refractivity contribution in [3.63, 3.8) is 0 Å². The van der Waals surface area contributed by atoms with E-state index < -0.39 is 0 Å². The molecular weight excluding hydrogens is 358 g/mol. The first kappa shape index (κ1) is 18.5. The van der Waals surface area contributed by atoms with Gasteiger partial charge in [-0.3, -0.25) is 10.1 Å². The van der Waals surface area contributed by atoms with Crippen molar-refractivity contribution >= 4 is 16.6 Å². The minimum Gasteiger partial charge on any atom is -0.490 e. The molecule has 2 atom stereocenters. The predicted octanol–water partition coefficient (Wildman–Crippen LogP) is 3.05. The van der Waals surface area contributed by atoms with E-state index >= 15 is 0 Å². The highest BCUT2D eigenvalue weighted by molar-refractivity contribution is 5.93. The highest BCUT2D eigenvalue weighted by Gasteiger charge is 2.33. The maximum atomic E-state index is 5.79. The number of benzene rings is 1. The number of hydrogen-bond donors (Lipinski definition) is 2. The van der Waals surface area contributed by atoms with Gasteiger partial charge in [0.2, 0.25) is 0 Å². The lowest BCUT2D eigenvalue weighted by Crippen LogP contribution is -2.27. The summed E-state index contributed by atoms with van der Waals surface area (Å²) in [6.45, 7) is 8.14. The maximum Gasteiger partial charge on any atom is 0.163 e. The van der Waals surface area contributed by atoms with Gasteiger partial charge >= 0.3 is 0 Å². The molecule has 4 rings (SSSR count). The lowest BCUT2D eigenvalue weighted by atomic mass is 10.0. The number of nitrogens with one attached hydrogen (secondary N) is 2. The molecule has 3 aromatic rings. The number of fused-ring (bicyclic) bond motifs is 1. The Labute approximate surface area is 163 Å². The Balaban J connectivity index is 1.67. The van der Waals surface area contributed by atoms with Gasteiger partial charge in [-0.2, -0.15) is 5.10 Å². The summed E-state index contributed by atoms with van der Waals surface area (Å²) in [4.78, 5) is 8.99. The molecule has 1 aliphatic rings. The molecule has 1 aliphatic heterocycles. The Kier molecular flexibility index (Phi) is 5.29. The zero-order chi connectivity index (χ0) is 19.5. The van der Waals surface area contributed by atoms with Gasteiger partial charge in [-0.25, -0.2) is 4.98 Å². The van der Waals surface area contributed by atoms with Gasteiger partial charge in [-0.1, -0.05) is 0 Å². The van der Waals surface area contributed by atoms with Gasteiger partial charge < -0.3 is 19.5 Å². The molecule has 3 heterocycles. The highest BCUT2D eigenvalue weighted by Crippen LogP contribution is 2.36. The molecule has 0 unspecified atom stereocenters. The lowest BCUT2D eigenvalue weighted by molar-refractivity contribution is 0.191. The van der Waals surface area contributed by atoms with E-state index in [1.807, 2.05) is 39.0 Å². The van der Waals surface area contributed by atoms with Gasteiger partial charge in [0, 0.05) is 23.3 Å². The van der Waals surface area contributed by atoms with Gasteiger partial charge in [-0.05, 0) is 32.9 Å². The molecule has 148 valence electrons. The Morgan fingerprint density at radius 3 is 2.68 bits per heavy atom. The van der Waals surface area contributed by atoms with Crippen molar-refractivity contribution in [3.05, 3.63) is 36.0 Å². The smallest absolute Gasteiger partial charge is 0.163 e. The second-order valence-electron chi connectivity index (χ2n) is 6.71. The molecule has 1 aromatic carbocycles. The molecular formula is C20H25N5O3. The summed E-state index contributed by atoms with van der Waals surface area (Å²) in [5.74, 6) is 3.10. The number of ether oxygens (including phenoxy) is 3. The van der Waals surface area contributed by atoms with Gasteiger partial charge in [0.1, 0.15) is 5.82 Å². The summed E-state index contributed by atoms with van der Waals surface area (Å²) >= 11 is 0. The third kappa shape index (κ3) is 3.60.